The topological polar surface area (TPSA) is 75.7 Å². The summed E-state index contributed by atoms with van der Waals surface area (Å²) in [6.07, 6.45) is 0.591. The van der Waals surface area contributed by atoms with E-state index in [-0.39, 0.29) is 24.2 Å². The fourth-order valence-corrected chi connectivity index (χ4v) is 3.23. The van der Waals surface area contributed by atoms with Gasteiger partial charge in [0.25, 0.3) is 0 Å². The van der Waals surface area contributed by atoms with Crippen LogP contribution in [0.1, 0.15) is 52.9 Å². The Balaban J connectivity index is 2.07. The van der Waals surface area contributed by atoms with Crippen LogP contribution in [-0.2, 0) is 14.3 Å². The van der Waals surface area contributed by atoms with Gasteiger partial charge in [0.05, 0.1) is 6.54 Å². The molecular formula is C17H27FN2O4. The van der Waals surface area contributed by atoms with Gasteiger partial charge >= 0.3 is 6.09 Å². The highest BCUT2D eigenvalue weighted by atomic mass is 19.1. The minimum absolute atomic E-state index is 0.0665. The zero-order valence-electron chi connectivity index (χ0n) is 14.6. The first-order valence-electron chi connectivity index (χ1n) is 8.60. The van der Waals surface area contributed by atoms with Crippen LogP contribution in [-0.4, -0.2) is 53.6 Å². The Labute approximate surface area is 142 Å². The number of ether oxygens (including phenoxy) is 1. The summed E-state index contributed by atoms with van der Waals surface area (Å²) >= 11 is 0. The number of nitrogens with zero attached hydrogens (tertiary/aromatic N) is 1. The number of likely N-dealkylation sites (tertiary alicyclic amines) is 1. The Hall–Kier alpha value is -1.66. The fraction of sp³-hybridized carbons (Fsp3) is 0.824. The molecular weight excluding hydrogens is 315 g/mol. The molecule has 0 radical (unpaired) electrons. The van der Waals surface area contributed by atoms with Gasteiger partial charge in [-0.1, -0.05) is 0 Å². The number of hydrogen-bond donors (Lipinski definition) is 1. The number of rotatable bonds is 3. The highest BCUT2D eigenvalue weighted by Gasteiger charge is 2.38. The lowest BCUT2D eigenvalue weighted by Crippen LogP contribution is -2.53. The van der Waals surface area contributed by atoms with Crippen LogP contribution in [0.2, 0.25) is 0 Å². The van der Waals surface area contributed by atoms with Crippen molar-refractivity contribution in [2.45, 2.75) is 70.7 Å². The third kappa shape index (κ3) is 5.18. The van der Waals surface area contributed by atoms with E-state index in [0.29, 0.717) is 38.6 Å². The number of alkyl carbamates (subject to hydrolysis) is 1. The van der Waals surface area contributed by atoms with Crippen molar-refractivity contribution in [3.8, 4) is 0 Å². The summed E-state index contributed by atoms with van der Waals surface area (Å²) in [5.74, 6) is -0.221. The van der Waals surface area contributed by atoms with E-state index >= 15 is 0 Å². The quantitative estimate of drug-likeness (QED) is 0.853. The normalized spacial score (nSPS) is 23.9. The minimum atomic E-state index is -1.01. The molecule has 2 atom stereocenters. The molecule has 136 valence electrons. The van der Waals surface area contributed by atoms with Crippen LogP contribution in [0.4, 0.5) is 9.18 Å². The Morgan fingerprint density at radius 3 is 2.38 bits per heavy atom. The lowest BCUT2D eigenvalue weighted by molar-refractivity contribution is -0.135. The summed E-state index contributed by atoms with van der Waals surface area (Å²) in [7, 11) is 0. The number of nitrogens with one attached hydrogen (secondary N) is 1. The molecule has 24 heavy (non-hydrogen) atoms. The molecule has 1 N–H and O–H groups in total. The maximum atomic E-state index is 13.4. The minimum Gasteiger partial charge on any atom is -0.444 e. The number of halogens is 1. The summed E-state index contributed by atoms with van der Waals surface area (Å²) in [5, 5.41) is 2.66. The van der Waals surface area contributed by atoms with Crippen molar-refractivity contribution in [3.63, 3.8) is 0 Å². The van der Waals surface area contributed by atoms with E-state index in [2.05, 4.69) is 5.32 Å². The van der Waals surface area contributed by atoms with Crippen molar-refractivity contribution in [3.05, 3.63) is 0 Å². The monoisotopic (exact) mass is 342 g/mol. The summed E-state index contributed by atoms with van der Waals surface area (Å²) in [6, 6.07) is -0.766. The lowest BCUT2D eigenvalue weighted by atomic mass is 9.82. The Bertz CT molecular complexity index is 493. The molecule has 0 aromatic heterocycles. The van der Waals surface area contributed by atoms with Gasteiger partial charge in [-0.25, -0.2) is 9.18 Å². The van der Waals surface area contributed by atoms with E-state index in [1.165, 1.54) is 4.90 Å². The molecule has 6 nitrogen and oxygen atoms in total. The molecule has 1 aliphatic carbocycles. The molecule has 2 amide bonds. The fourth-order valence-electron chi connectivity index (χ4n) is 3.23. The molecule has 7 heteroatoms. The van der Waals surface area contributed by atoms with Gasteiger partial charge in [0.2, 0.25) is 5.91 Å². The van der Waals surface area contributed by atoms with Crippen molar-refractivity contribution in [2.75, 3.05) is 13.1 Å². The molecule has 1 heterocycles. The summed E-state index contributed by atoms with van der Waals surface area (Å²) < 4.78 is 18.7. The Kier molecular flexibility index (Phi) is 5.83. The lowest BCUT2D eigenvalue weighted by Gasteiger charge is -2.32. The van der Waals surface area contributed by atoms with Crippen LogP contribution in [0, 0.1) is 5.92 Å². The highest BCUT2D eigenvalue weighted by molar-refractivity contribution is 5.87. The van der Waals surface area contributed by atoms with E-state index in [0.717, 1.165) is 0 Å². The summed E-state index contributed by atoms with van der Waals surface area (Å²) in [6.45, 7) is 5.67. The molecule has 0 aromatic carbocycles. The molecule has 2 aliphatic rings. The van der Waals surface area contributed by atoms with E-state index in [1.807, 2.05) is 0 Å². The Morgan fingerprint density at radius 2 is 1.88 bits per heavy atom. The van der Waals surface area contributed by atoms with Crippen LogP contribution in [0.15, 0.2) is 0 Å². The number of amides is 2. The van der Waals surface area contributed by atoms with Crippen LogP contribution in [0.3, 0.4) is 0 Å². The van der Waals surface area contributed by atoms with Gasteiger partial charge in [0, 0.05) is 19.4 Å². The van der Waals surface area contributed by atoms with Gasteiger partial charge in [0.15, 0.2) is 0 Å². The molecule has 2 rings (SSSR count). The Morgan fingerprint density at radius 1 is 1.25 bits per heavy atom. The average molecular weight is 342 g/mol. The maximum absolute atomic E-state index is 13.4. The second-order valence-corrected chi connectivity index (χ2v) is 7.67. The SMILES string of the molecule is CC(C)(C)OC(=O)NC(C(=O)N1CC[C@H](F)C1)C1CCC(=O)CC1. The summed E-state index contributed by atoms with van der Waals surface area (Å²) in [5.41, 5.74) is -0.669. The second kappa shape index (κ2) is 7.49. The van der Waals surface area contributed by atoms with Crippen LogP contribution in [0.5, 0.6) is 0 Å². The predicted octanol–water partition coefficient (Wildman–Crippen LogP) is 2.21. The van der Waals surface area contributed by atoms with Crippen molar-refractivity contribution in [1.29, 1.82) is 0 Å². The molecule has 0 spiro atoms. The number of Topliss-reactive ketones (excluding diaryl/α,β-unsaturated/α-hetero) is 1. The number of hydrogen-bond acceptors (Lipinski definition) is 4. The first-order chi connectivity index (χ1) is 11.2. The van der Waals surface area contributed by atoms with E-state index < -0.39 is 23.9 Å². The molecule has 2 fully saturated rings. The molecule has 0 bridgehead atoms. The third-order valence-corrected chi connectivity index (χ3v) is 4.44. The van der Waals surface area contributed by atoms with Gasteiger partial charge in [-0.2, -0.15) is 0 Å². The van der Waals surface area contributed by atoms with Crippen molar-refractivity contribution >= 4 is 17.8 Å². The molecule has 0 aromatic rings. The maximum Gasteiger partial charge on any atom is 0.408 e. The van der Waals surface area contributed by atoms with Gasteiger partial charge in [0.1, 0.15) is 23.6 Å². The highest BCUT2D eigenvalue weighted by Crippen LogP contribution is 2.27. The first kappa shape index (κ1) is 18.7. The standard InChI is InChI=1S/C17H27FN2O4/c1-17(2,3)24-16(23)19-14(11-4-6-13(21)7-5-11)15(22)20-9-8-12(18)10-20/h11-12,14H,4-10H2,1-3H3,(H,19,23)/t12-,14?/m0/s1. The molecule has 1 saturated heterocycles. The molecule has 1 aliphatic heterocycles. The number of carbonyl (C=O) groups excluding carboxylic acids is 3. The van der Waals surface area contributed by atoms with Gasteiger partial charge in [-0.15, -0.1) is 0 Å². The van der Waals surface area contributed by atoms with Crippen molar-refractivity contribution < 1.29 is 23.5 Å². The van der Waals surface area contributed by atoms with Crippen molar-refractivity contribution in [1.82, 2.24) is 10.2 Å². The van der Waals surface area contributed by atoms with E-state index in [4.69, 9.17) is 4.74 Å². The zero-order chi connectivity index (χ0) is 17.9. The second-order valence-electron chi connectivity index (χ2n) is 7.67. The van der Waals surface area contributed by atoms with Gasteiger partial charge in [-0.3, -0.25) is 9.59 Å². The number of ketones is 1. The molecule has 1 unspecified atom stereocenters. The van der Waals surface area contributed by atoms with Gasteiger partial charge in [-0.05, 0) is 46.0 Å². The van der Waals surface area contributed by atoms with E-state index in [9.17, 15) is 18.8 Å². The number of alkyl halides is 1. The first-order valence-corrected chi connectivity index (χ1v) is 8.60. The summed E-state index contributed by atoms with van der Waals surface area (Å²) in [4.78, 5) is 37.8. The zero-order valence-corrected chi connectivity index (χ0v) is 14.6. The molecule has 1 saturated carbocycles. The predicted molar refractivity (Wildman–Crippen MR) is 86.2 cm³/mol. The third-order valence-electron chi connectivity index (χ3n) is 4.44. The van der Waals surface area contributed by atoms with Crippen LogP contribution >= 0.6 is 0 Å². The van der Waals surface area contributed by atoms with E-state index in [1.54, 1.807) is 20.8 Å². The number of carbonyl (C=O) groups is 3. The van der Waals surface area contributed by atoms with Gasteiger partial charge < -0.3 is 15.0 Å². The van der Waals surface area contributed by atoms with Crippen LogP contribution < -0.4 is 5.32 Å². The largest absolute Gasteiger partial charge is 0.444 e. The van der Waals surface area contributed by atoms with Crippen molar-refractivity contribution in [2.24, 2.45) is 5.92 Å². The smallest absolute Gasteiger partial charge is 0.408 e. The van der Waals surface area contributed by atoms with Crippen LogP contribution in [0.25, 0.3) is 0 Å². The average Bonchev–Trinajstić information content (AvgIpc) is 2.90.